The molecule has 0 aliphatic carbocycles. The summed E-state index contributed by atoms with van der Waals surface area (Å²) in [5, 5.41) is 11.8. The van der Waals surface area contributed by atoms with Crippen LogP contribution < -0.4 is 5.32 Å². The highest BCUT2D eigenvalue weighted by atomic mass is 32.2. The Hall–Kier alpha value is -1.24. The van der Waals surface area contributed by atoms with Gasteiger partial charge in [0.05, 0.1) is 0 Å². The van der Waals surface area contributed by atoms with Gasteiger partial charge in [-0.2, -0.15) is 11.8 Å². The molecule has 17 heavy (non-hydrogen) atoms. The van der Waals surface area contributed by atoms with E-state index in [2.05, 4.69) is 5.32 Å². The SMILES string of the molecule is CC(=O)NC1(C(=O)O)CSCC1(C)OC(C)=O. The second kappa shape index (κ2) is 4.56. The number of carbonyl (C=O) groups is 3. The molecule has 1 aliphatic heterocycles. The van der Waals surface area contributed by atoms with Crippen molar-refractivity contribution in [2.75, 3.05) is 11.5 Å². The average molecular weight is 261 g/mol. The number of nitrogens with one attached hydrogen (secondary N) is 1. The fourth-order valence-electron chi connectivity index (χ4n) is 1.92. The van der Waals surface area contributed by atoms with Crippen LogP contribution in [0.4, 0.5) is 0 Å². The van der Waals surface area contributed by atoms with E-state index in [1.807, 2.05) is 0 Å². The van der Waals surface area contributed by atoms with E-state index in [0.29, 0.717) is 5.75 Å². The Morgan fingerprint density at radius 1 is 1.29 bits per heavy atom. The van der Waals surface area contributed by atoms with Gasteiger partial charge in [-0.25, -0.2) is 4.79 Å². The van der Waals surface area contributed by atoms with Crippen molar-refractivity contribution >= 4 is 29.6 Å². The van der Waals surface area contributed by atoms with Gasteiger partial charge in [0.25, 0.3) is 0 Å². The van der Waals surface area contributed by atoms with E-state index in [-0.39, 0.29) is 5.75 Å². The van der Waals surface area contributed by atoms with Crippen molar-refractivity contribution in [1.82, 2.24) is 5.32 Å². The van der Waals surface area contributed by atoms with Crippen LogP contribution in [0.25, 0.3) is 0 Å². The summed E-state index contributed by atoms with van der Waals surface area (Å²) in [7, 11) is 0. The topological polar surface area (TPSA) is 92.7 Å². The van der Waals surface area contributed by atoms with Crippen molar-refractivity contribution in [3.63, 3.8) is 0 Å². The monoisotopic (exact) mass is 261 g/mol. The Balaban J connectivity index is 3.14. The molecule has 0 aromatic carbocycles. The normalized spacial score (nSPS) is 31.9. The third-order valence-corrected chi connectivity index (χ3v) is 4.11. The molecule has 1 saturated heterocycles. The maximum Gasteiger partial charge on any atom is 0.334 e. The van der Waals surface area contributed by atoms with Crippen LogP contribution in [0.5, 0.6) is 0 Å². The van der Waals surface area contributed by atoms with Gasteiger partial charge in [0.1, 0.15) is 0 Å². The van der Waals surface area contributed by atoms with Crippen LogP contribution in [-0.4, -0.2) is 45.6 Å². The first kappa shape index (κ1) is 13.8. The Kier molecular flexibility index (Phi) is 3.71. The molecule has 1 amide bonds. The molecule has 0 aromatic rings. The number of carboxylic acids is 1. The summed E-state index contributed by atoms with van der Waals surface area (Å²) in [4.78, 5) is 33.7. The first-order chi connectivity index (χ1) is 7.73. The lowest BCUT2D eigenvalue weighted by Crippen LogP contribution is -2.68. The van der Waals surface area contributed by atoms with Crippen molar-refractivity contribution in [1.29, 1.82) is 0 Å². The van der Waals surface area contributed by atoms with E-state index >= 15 is 0 Å². The molecule has 1 heterocycles. The molecule has 6 nitrogen and oxygen atoms in total. The van der Waals surface area contributed by atoms with E-state index < -0.39 is 29.0 Å². The van der Waals surface area contributed by atoms with Crippen molar-refractivity contribution in [2.45, 2.75) is 31.9 Å². The van der Waals surface area contributed by atoms with Gasteiger partial charge in [-0.05, 0) is 6.92 Å². The van der Waals surface area contributed by atoms with Gasteiger partial charge in [-0.3, -0.25) is 9.59 Å². The Labute approximate surface area is 103 Å². The third-order valence-electron chi connectivity index (χ3n) is 2.72. The molecule has 0 aromatic heterocycles. The lowest BCUT2D eigenvalue weighted by molar-refractivity contribution is -0.171. The van der Waals surface area contributed by atoms with Crippen LogP contribution in [0.15, 0.2) is 0 Å². The molecule has 1 fully saturated rings. The molecule has 0 spiro atoms. The molecule has 0 radical (unpaired) electrons. The van der Waals surface area contributed by atoms with Gasteiger partial charge in [0, 0.05) is 25.4 Å². The zero-order valence-corrected chi connectivity index (χ0v) is 10.7. The van der Waals surface area contributed by atoms with Crippen LogP contribution in [0.3, 0.4) is 0 Å². The number of amides is 1. The lowest BCUT2D eigenvalue weighted by atomic mass is 9.83. The van der Waals surface area contributed by atoms with E-state index in [1.165, 1.54) is 32.5 Å². The summed E-state index contributed by atoms with van der Waals surface area (Å²) in [5.41, 5.74) is -2.80. The fourth-order valence-corrected chi connectivity index (χ4v) is 3.52. The molecular formula is C10H15NO5S. The minimum absolute atomic E-state index is 0.172. The Bertz CT molecular complexity index is 372. The van der Waals surface area contributed by atoms with Crippen LogP contribution in [0, 0.1) is 0 Å². The molecule has 2 N–H and O–H groups in total. The van der Waals surface area contributed by atoms with Crippen LogP contribution in [-0.2, 0) is 19.1 Å². The number of rotatable bonds is 3. The maximum absolute atomic E-state index is 11.4. The van der Waals surface area contributed by atoms with Crippen LogP contribution in [0.1, 0.15) is 20.8 Å². The first-order valence-corrected chi connectivity index (χ1v) is 6.18. The molecule has 1 aliphatic rings. The smallest absolute Gasteiger partial charge is 0.334 e. The number of hydrogen-bond acceptors (Lipinski definition) is 5. The van der Waals surface area contributed by atoms with E-state index in [4.69, 9.17) is 4.74 Å². The van der Waals surface area contributed by atoms with Crippen molar-refractivity contribution < 1.29 is 24.2 Å². The lowest BCUT2D eigenvalue weighted by Gasteiger charge is -2.38. The van der Waals surface area contributed by atoms with E-state index in [9.17, 15) is 19.5 Å². The van der Waals surface area contributed by atoms with Crippen molar-refractivity contribution in [3.8, 4) is 0 Å². The second-order valence-corrected chi connectivity index (χ2v) is 5.19. The number of esters is 1. The molecule has 1 rings (SSSR count). The maximum atomic E-state index is 11.4. The van der Waals surface area contributed by atoms with Gasteiger partial charge in [0.15, 0.2) is 11.1 Å². The van der Waals surface area contributed by atoms with Gasteiger partial charge in [-0.1, -0.05) is 0 Å². The van der Waals surface area contributed by atoms with Gasteiger partial charge in [0.2, 0.25) is 5.91 Å². The zero-order chi connectivity index (χ0) is 13.3. The number of thioether (sulfide) groups is 1. The van der Waals surface area contributed by atoms with Crippen LogP contribution >= 0.6 is 11.8 Å². The molecular weight excluding hydrogens is 246 g/mol. The fraction of sp³-hybridized carbons (Fsp3) is 0.700. The Morgan fingerprint density at radius 3 is 2.29 bits per heavy atom. The number of carbonyl (C=O) groups excluding carboxylic acids is 2. The third kappa shape index (κ3) is 2.38. The highest BCUT2D eigenvalue weighted by molar-refractivity contribution is 7.99. The zero-order valence-electron chi connectivity index (χ0n) is 9.90. The highest BCUT2D eigenvalue weighted by Gasteiger charge is 2.61. The Morgan fingerprint density at radius 2 is 1.88 bits per heavy atom. The molecule has 0 bridgehead atoms. The molecule has 96 valence electrons. The highest BCUT2D eigenvalue weighted by Crippen LogP contribution is 2.40. The molecule has 2 unspecified atom stereocenters. The first-order valence-electron chi connectivity index (χ1n) is 5.03. The number of carboxylic acid groups (broad SMARTS) is 1. The van der Waals surface area contributed by atoms with E-state index in [1.54, 1.807) is 0 Å². The summed E-state index contributed by atoms with van der Waals surface area (Å²) in [6.45, 7) is 3.98. The summed E-state index contributed by atoms with van der Waals surface area (Å²) in [5.74, 6) is -1.72. The van der Waals surface area contributed by atoms with Gasteiger partial charge >= 0.3 is 11.9 Å². The summed E-state index contributed by atoms with van der Waals surface area (Å²) in [6.07, 6.45) is 0. The van der Waals surface area contributed by atoms with Crippen molar-refractivity contribution in [2.24, 2.45) is 0 Å². The second-order valence-electron chi connectivity index (χ2n) is 4.21. The standard InChI is InChI=1S/C10H15NO5S/c1-6(12)11-10(8(14)15)5-17-4-9(10,3)16-7(2)13/h4-5H2,1-3H3,(H,11,12)(H,14,15). The minimum atomic E-state index is -1.56. The molecule has 2 atom stereocenters. The predicted molar refractivity (Wildman–Crippen MR) is 61.7 cm³/mol. The number of hydrogen-bond donors (Lipinski definition) is 2. The quantitative estimate of drug-likeness (QED) is 0.695. The number of ether oxygens (including phenoxy) is 1. The summed E-state index contributed by atoms with van der Waals surface area (Å²) in [6, 6.07) is 0. The molecule has 0 saturated carbocycles. The van der Waals surface area contributed by atoms with Crippen LogP contribution in [0.2, 0.25) is 0 Å². The predicted octanol–water partition coefficient (Wildman–Crippen LogP) is 0.0145. The number of aliphatic carboxylic acids is 1. The van der Waals surface area contributed by atoms with Gasteiger partial charge < -0.3 is 15.2 Å². The summed E-state index contributed by atoms with van der Waals surface area (Å²) < 4.78 is 5.12. The minimum Gasteiger partial charge on any atom is -0.479 e. The molecule has 7 heteroatoms. The largest absolute Gasteiger partial charge is 0.479 e. The average Bonchev–Trinajstić information content (AvgIpc) is 2.42. The van der Waals surface area contributed by atoms with Crippen molar-refractivity contribution in [3.05, 3.63) is 0 Å². The van der Waals surface area contributed by atoms with E-state index in [0.717, 1.165) is 0 Å². The van der Waals surface area contributed by atoms with Gasteiger partial charge in [-0.15, -0.1) is 0 Å². The summed E-state index contributed by atoms with van der Waals surface area (Å²) >= 11 is 1.33.